The van der Waals surface area contributed by atoms with Crippen LogP contribution in [-0.4, -0.2) is 22.8 Å². The van der Waals surface area contributed by atoms with E-state index in [9.17, 15) is 18.8 Å². The predicted molar refractivity (Wildman–Crippen MR) is 67.6 cm³/mol. The number of nitrogens with zero attached hydrogens (tertiary/aromatic N) is 1. The molecule has 0 saturated heterocycles. The molecule has 1 amide bonds. The number of furan rings is 1. The van der Waals surface area contributed by atoms with Gasteiger partial charge in [0.25, 0.3) is 11.7 Å². The molecule has 2 aromatic rings. The summed E-state index contributed by atoms with van der Waals surface area (Å²) in [5, 5.41) is 8.77. The Labute approximate surface area is 117 Å². The Bertz CT molecular complexity index is 779. The molecule has 2 heterocycles. The van der Waals surface area contributed by atoms with Crippen molar-refractivity contribution in [3.05, 3.63) is 53.2 Å². The van der Waals surface area contributed by atoms with Crippen molar-refractivity contribution in [2.75, 3.05) is 4.90 Å². The van der Waals surface area contributed by atoms with Crippen LogP contribution in [0.1, 0.15) is 26.7 Å². The minimum absolute atomic E-state index is 0.117. The molecule has 0 atom stereocenters. The topological polar surface area (TPSA) is 87.8 Å². The number of amides is 1. The van der Waals surface area contributed by atoms with Crippen LogP contribution in [0.25, 0.3) is 0 Å². The molecule has 1 aliphatic heterocycles. The van der Waals surface area contributed by atoms with E-state index < -0.39 is 23.5 Å². The van der Waals surface area contributed by atoms with Crippen LogP contribution in [-0.2, 0) is 11.3 Å². The van der Waals surface area contributed by atoms with Crippen LogP contribution in [0.4, 0.5) is 10.1 Å². The van der Waals surface area contributed by atoms with E-state index in [1.165, 1.54) is 18.2 Å². The molecule has 1 N–H and O–H groups in total. The molecule has 7 heteroatoms. The molecule has 21 heavy (non-hydrogen) atoms. The SMILES string of the molecule is O=C(O)c1ccc(CN2C(=O)C(=O)c3ccc(F)cc32)o1. The van der Waals surface area contributed by atoms with Crippen LogP contribution >= 0.6 is 0 Å². The van der Waals surface area contributed by atoms with E-state index in [0.29, 0.717) is 0 Å². The third kappa shape index (κ3) is 2.08. The first-order chi connectivity index (χ1) is 9.97. The summed E-state index contributed by atoms with van der Waals surface area (Å²) in [5.74, 6) is -3.43. The summed E-state index contributed by atoms with van der Waals surface area (Å²) >= 11 is 0. The van der Waals surface area contributed by atoms with Crippen molar-refractivity contribution in [3.8, 4) is 0 Å². The van der Waals surface area contributed by atoms with Crippen molar-refractivity contribution in [2.45, 2.75) is 6.54 Å². The highest BCUT2D eigenvalue weighted by Crippen LogP contribution is 2.31. The van der Waals surface area contributed by atoms with E-state index in [1.54, 1.807) is 0 Å². The van der Waals surface area contributed by atoms with Gasteiger partial charge in [-0.1, -0.05) is 0 Å². The molecule has 1 aliphatic rings. The van der Waals surface area contributed by atoms with E-state index in [4.69, 9.17) is 9.52 Å². The summed E-state index contributed by atoms with van der Waals surface area (Å²) in [7, 11) is 0. The zero-order chi connectivity index (χ0) is 15.1. The highest BCUT2D eigenvalue weighted by Gasteiger charge is 2.36. The molecule has 0 spiro atoms. The monoisotopic (exact) mass is 289 g/mol. The van der Waals surface area contributed by atoms with Crippen LogP contribution in [0.15, 0.2) is 34.7 Å². The smallest absolute Gasteiger partial charge is 0.371 e. The van der Waals surface area contributed by atoms with Crippen molar-refractivity contribution >= 4 is 23.3 Å². The van der Waals surface area contributed by atoms with Crippen molar-refractivity contribution in [1.82, 2.24) is 0 Å². The number of anilines is 1. The van der Waals surface area contributed by atoms with Crippen molar-refractivity contribution in [2.24, 2.45) is 0 Å². The van der Waals surface area contributed by atoms with Gasteiger partial charge in [0.1, 0.15) is 11.6 Å². The molecule has 3 rings (SSSR count). The molecule has 0 aliphatic carbocycles. The lowest BCUT2D eigenvalue weighted by Crippen LogP contribution is -2.29. The van der Waals surface area contributed by atoms with Gasteiger partial charge >= 0.3 is 5.97 Å². The summed E-state index contributed by atoms with van der Waals surface area (Å²) < 4.78 is 18.3. The molecule has 0 radical (unpaired) electrons. The van der Waals surface area contributed by atoms with Gasteiger partial charge in [-0.25, -0.2) is 9.18 Å². The van der Waals surface area contributed by atoms with Gasteiger partial charge in [-0.05, 0) is 30.3 Å². The molecule has 0 saturated carbocycles. The van der Waals surface area contributed by atoms with Crippen LogP contribution in [0, 0.1) is 5.82 Å². The Kier molecular flexibility index (Phi) is 2.83. The number of rotatable bonds is 3. The molecular formula is C14H8FNO5. The molecule has 0 fully saturated rings. The van der Waals surface area contributed by atoms with Gasteiger partial charge in [-0.15, -0.1) is 0 Å². The number of aromatic carboxylic acids is 1. The Hall–Kier alpha value is -2.96. The van der Waals surface area contributed by atoms with E-state index in [-0.39, 0.29) is 29.3 Å². The second kappa shape index (κ2) is 4.55. The fourth-order valence-corrected chi connectivity index (χ4v) is 2.16. The number of Topliss-reactive ketones (excluding diaryl/α,β-unsaturated/α-hetero) is 1. The van der Waals surface area contributed by atoms with Crippen molar-refractivity contribution in [3.63, 3.8) is 0 Å². The number of ketones is 1. The number of carboxylic acids is 1. The summed E-state index contributed by atoms with van der Waals surface area (Å²) in [6.45, 7) is -0.145. The number of carbonyl (C=O) groups excluding carboxylic acids is 2. The maximum atomic E-state index is 13.3. The lowest BCUT2D eigenvalue weighted by Gasteiger charge is -2.14. The average Bonchev–Trinajstić information content (AvgIpc) is 2.99. The van der Waals surface area contributed by atoms with Gasteiger partial charge in [0.15, 0.2) is 0 Å². The number of halogens is 1. The maximum absolute atomic E-state index is 13.3. The van der Waals surface area contributed by atoms with Crippen LogP contribution < -0.4 is 4.90 Å². The summed E-state index contributed by atoms with van der Waals surface area (Å²) in [5.41, 5.74) is 0.268. The van der Waals surface area contributed by atoms with Gasteiger partial charge in [0.2, 0.25) is 5.76 Å². The minimum Gasteiger partial charge on any atom is -0.475 e. The number of benzene rings is 1. The maximum Gasteiger partial charge on any atom is 0.371 e. The molecular weight excluding hydrogens is 281 g/mol. The second-order valence-electron chi connectivity index (χ2n) is 4.45. The van der Waals surface area contributed by atoms with Crippen LogP contribution in [0.5, 0.6) is 0 Å². The first kappa shape index (κ1) is 13.0. The highest BCUT2D eigenvalue weighted by molar-refractivity contribution is 6.52. The normalized spacial score (nSPS) is 13.7. The number of hydrogen-bond acceptors (Lipinski definition) is 4. The minimum atomic E-state index is -1.24. The zero-order valence-electron chi connectivity index (χ0n) is 10.5. The van der Waals surface area contributed by atoms with Gasteiger partial charge < -0.3 is 9.52 Å². The van der Waals surface area contributed by atoms with E-state index in [2.05, 4.69) is 0 Å². The molecule has 106 valence electrons. The molecule has 1 aromatic heterocycles. The Morgan fingerprint density at radius 1 is 1.24 bits per heavy atom. The number of fused-ring (bicyclic) bond motifs is 1. The van der Waals surface area contributed by atoms with Crippen LogP contribution in [0.3, 0.4) is 0 Å². The fraction of sp³-hybridized carbons (Fsp3) is 0.0714. The quantitative estimate of drug-likeness (QED) is 0.871. The number of carboxylic acid groups (broad SMARTS) is 1. The van der Waals surface area contributed by atoms with E-state index in [0.717, 1.165) is 17.0 Å². The highest BCUT2D eigenvalue weighted by atomic mass is 19.1. The van der Waals surface area contributed by atoms with Gasteiger partial charge in [0, 0.05) is 0 Å². The van der Waals surface area contributed by atoms with Gasteiger partial charge in [0.05, 0.1) is 17.8 Å². The second-order valence-corrected chi connectivity index (χ2v) is 4.45. The first-order valence-corrected chi connectivity index (χ1v) is 5.95. The van der Waals surface area contributed by atoms with Crippen molar-refractivity contribution < 1.29 is 28.3 Å². The van der Waals surface area contributed by atoms with Crippen LogP contribution in [0.2, 0.25) is 0 Å². The molecule has 6 nitrogen and oxygen atoms in total. The van der Waals surface area contributed by atoms with Gasteiger partial charge in [-0.2, -0.15) is 0 Å². The summed E-state index contributed by atoms with van der Waals surface area (Å²) in [4.78, 5) is 35.5. The lowest BCUT2D eigenvalue weighted by atomic mass is 10.1. The lowest BCUT2D eigenvalue weighted by molar-refractivity contribution is -0.114. The number of carbonyl (C=O) groups is 3. The Morgan fingerprint density at radius 2 is 2.00 bits per heavy atom. The average molecular weight is 289 g/mol. The standard InChI is InChI=1S/C14H8FNO5/c15-7-1-3-9-10(5-7)16(13(18)12(9)17)6-8-2-4-11(21-8)14(19)20/h1-5H,6H2,(H,19,20). The molecule has 1 aromatic carbocycles. The molecule has 0 bridgehead atoms. The van der Waals surface area contributed by atoms with Gasteiger partial charge in [-0.3, -0.25) is 14.5 Å². The molecule has 0 unspecified atom stereocenters. The summed E-state index contributed by atoms with van der Waals surface area (Å²) in [6, 6.07) is 6.06. The predicted octanol–water partition coefficient (Wildman–Crippen LogP) is 1.85. The zero-order valence-corrected chi connectivity index (χ0v) is 10.5. The Balaban J connectivity index is 1.95. The number of hydrogen-bond donors (Lipinski definition) is 1. The van der Waals surface area contributed by atoms with Crippen molar-refractivity contribution in [1.29, 1.82) is 0 Å². The first-order valence-electron chi connectivity index (χ1n) is 5.95. The third-order valence-corrected chi connectivity index (χ3v) is 3.12. The van der Waals surface area contributed by atoms with E-state index >= 15 is 0 Å². The largest absolute Gasteiger partial charge is 0.475 e. The van der Waals surface area contributed by atoms with E-state index in [1.807, 2.05) is 0 Å². The third-order valence-electron chi connectivity index (χ3n) is 3.12. The fourth-order valence-electron chi connectivity index (χ4n) is 2.16. The summed E-state index contributed by atoms with van der Waals surface area (Å²) in [6.07, 6.45) is 0. The Morgan fingerprint density at radius 3 is 2.67 bits per heavy atom.